The van der Waals surface area contributed by atoms with E-state index >= 15 is 0 Å². The fraction of sp³-hybridized carbons (Fsp3) is 0.333. The van der Waals surface area contributed by atoms with E-state index in [-0.39, 0.29) is 23.1 Å². The zero-order valence-corrected chi connectivity index (χ0v) is 16.9. The van der Waals surface area contributed by atoms with Crippen molar-refractivity contribution in [1.29, 1.82) is 0 Å². The van der Waals surface area contributed by atoms with Gasteiger partial charge in [0.25, 0.3) is 5.91 Å². The van der Waals surface area contributed by atoms with Crippen LogP contribution in [0.15, 0.2) is 47.8 Å². The van der Waals surface area contributed by atoms with Gasteiger partial charge in [-0.2, -0.15) is 4.31 Å². The summed E-state index contributed by atoms with van der Waals surface area (Å²) in [6.45, 7) is -0.0821. The maximum absolute atomic E-state index is 12.6. The lowest BCUT2D eigenvalue weighted by Crippen LogP contribution is -2.41. The van der Waals surface area contributed by atoms with Crippen molar-refractivity contribution < 1.29 is 22.7 Å². The molecule has 1 N–H and O–H groups in total. The Balaban J connectivity index is 1.48. The Morgan fingerprint density at radius 2 is 1.93 bits per heavy atom. The van der Waals surface area contributed by atoms with E-state index < -0.39 is 34.4 Å². The third kappa shape index (κ3) is 5.28. The Morgan fingerprint density at radius 3 is 2.59 bits per heavy atom. The molecule has 2 aromatic heterocycles. The number of amides is 1. The molecule has 0 bridgehead atoms. The highest BCUT2D eigenvalue weighted by Crippen LogP contribution is 2.24. The van der Waals surface area contributed by atoms with Gasteiger partial charge in [0, 0.05) is 31.7 Å². The van der Waals surface area contributed by atoms with Crippen molar-refractivity contribution in [3.63, 3.8) is 0 Å². The summed E-state index contributed by atoms with van der Waals surface area (Å²) in [7, 11) is -3.64. The summed E-state index contributed by atoms with van der Waals surface area (Å²) in [5.74, 6) is -1.54. The number of nitrogens with zero attached hydrogens (tertiary/aromatic N) is 3. The molecule has 3 heterocycles. The molecule has 154 valence electrons. The van der Waals surface area contributed by atoms with Crippen molar-refractivity contribution in [3.8, 4) is 0 Å². The molecule has 0 saturated carbocycles. The zero-order chi connectivity index (χ0) is 20.9. The molecule has 0 atom stereocenters. The predicted octanol–water partition coefficient (Wildman–Crippen LogP) is 1.71. The minimum Gasteiger partial charge on any atom is -0.455 e. The van der Waals surface area contributed by atoms with Crippen LogP contribution >= 0.6 is 11.6 Å². The maximum atomic E-state index is 12.6. The predicted molar refractivity (Wildman–Crippen MR) is 105 cm³/mol. The average Bonchev–Trinajstić information content (AvgIpc) is 2.74. The maximum Gasteiger partial charge on any atom is 0.309 e. The Bertz CT molecular complexity index is 979. The van der Waals surface area contributed by atoms with Gasteiger partial charge in [-0.1, -0.05) is 11.6 Å². The van der Waals surface area contributed by atoms with Crippen molar-refractivity contribution in [3.05, 3.63) is 48.0 Å². The lowest BCUT2D eigenvalue weighted by Gasteiger charge is -2.29. The van der Waals surface area contributed by atoms with Gasteiger partial charge in [-0.25, -0.2) is 13.4 Å². The highest BCUT2D eigenvalue weighted by Gasteiger charge is 2.33. The van der Waals surface area contributed by atoms with E-state index in [0.29, 0.717) is 18.5 Å². The number of piperidine rings is 1. The first kappa shape index (κ1) is 21.2. The number of carbonyl (C=O) groups is 2. The Hall–Kier alpha value is -2.56. The lowest BCUT2D eigenvalue weighted by atomic mass is 9.98. The quantitative estimate of drug-likeness (QED) is 0.538. The van der Waals surface area contributed by atoms with Gasteiger partial charge in [0.05, 0.1) is 11.6 Å². The van der Waals surface area contributed by atoms with Gasteiger partial charge >= 0.3 is 5.97 Å². The number of nitrogens with one attached hydrogen (secondary N) is 1. The molecular weight excluding hydrogens is 420 g/mol. The smallest absolute Gasteiger partial charge is 0.309 e. The summed E-state index contributed by atoms with van der Waals surface area (Å²) in [6.07, 6.45) is 4.91. The number of sulfonamides is 1. The fourth-order valence-electron chi connectivity index (χ4n) is 2.90. The minimum absolute atomic E-state index is 0.117. The lowest BCUT2D eigenvalue weighted by molar-refractivity contribution is -0.152. The first-order valence-electron chi connectivity index (χ1n) is 8.85. The van der Waals surface area contributed by atoms with Crippen LogP contribution in [0.5, 0.6) is 0 Å². The molecule has 1 fully saturated rings. The van der Waals surface area contributed by atoms with Crippen molar-refractivity contribution in [2.45, 2.75) is 17.7 Å². The van der Waals surface area contributed by atoms with Crippen LogP contribution in [0.4, 0.5) is 5.69 Å². The normalized spacial score (nSPS) is 15.6. The van der Waals surface area contributed by atoms with Gasteiger partial charge in [0.2, 0.25) is 10.0 Å². The van der Waals surface area contributed by atoms with E-state index in [4.69, 9.17) is 16.3 Å². The average molecular weight is 439 g/mol. The molecule has 0 radical (unpaired) electrons. The molecule has 0 spiro atoms. The second-order valence-electron chi connectivity index (χ2n) is 6.36. The molecule has 0 unspecified atom stereocenters. The van der Waals surface area contributed by atoms with E-state index in [1.807, 2.05) is 0 Å². The molecule has 3 rings (SSSR count). The zero-order valence-electron chi connectivity index (χ0n) is 15.3. The third-order valence-electron chi connectivity index (χ3n) is 4.44. The van der Waals surface area contributed by atoms with E-state index in [2.05, 4.69) is 15.3 Å². The van der Waals surface area contributed by atoms with E-state index in [0.717, 1.165) is 0 Å². The van der Waals surface area contributed by atoms with Crippen molar-refractivity contribution in [2.24, 2.45) is 5.92 Å². The Morgan fingerprint density at radius 1 is 1.21 bits per heavy atom. The van der Waals surface area contributed by atoms with Crippen molar-refractivity contribution in [2.75, 3.05) is 25.0 Å². The van der Waals surface area contributed by atoms with Gasteiger partial charge in [-0.15, -0.1) is 0 Å². The highest BCUT2D eigenvalue weighted by molar-refractivity contribution is 7.89. The SMILES string of the molecule is O=C(COC(=O)C1CCN(S(=O)(=O)c2cccnc2)CC1)Nc1cccnc1Cl. The minimum atomic E-state index is -3.64. The molecule has 29 heavy (non-hydrogen) atoms. The largest absolute Gasteiger partial charge is 0.455 e. The topological polar surface area (TPSA) is 119 Å². The second kappa shape index (κ2) is 9.29. The fourth-order valence-corrected chi connectivity index (χ4v) is 4.50. The molecule has 11 heteroatoms. The van der Waals surface area contributed by atoms with Crippen LogP contribution in [0.25, 0.3) is 0 Å². The number of aromatic nitrogens is 2. The van der Waals surface area contributed by atoms with E-state index in [9.17, 15) is 18.0 Å². The van der Waals surface area contributed by atoms with Gasteiger partial charge in [-0.3, -0.25) is 14.6 Å². The summed E-state index contributed by atoms with van der Waals surface area (Å²) in [5.41, 5.74) is 0.323. The number of carbonyl (C=O) groups excluding carboxylic acids is 2. The Labute approximate surface area is 173 Å². The molecule has 0 aromatic carbocycles. The Kier molecular flexibility index (Phi) is 6.78. The van der Waals surface area contributed by atoms with Crippen molar-refractivity contribution >= 4 is 39.2 Å². The van der Waals surface area contributed by atoms with Crippen LogP contribution in [0.3, 0.4) is 0 Å². The molecule has 2 aromatic rings. The van der Waals surface area contributed by atoms with Gasteiger partial charge in [-0.05, 0) is 37.1 Å². The number of hydrogen-bond donors (Lipinski definition) is 1. The number of anilines is 1. The van der Waals surface area contributed by atoms with Crippen LogP contribution < -0.4 is 5.32 Å². The number of esters is 1. The molecule has 1 aliphatic rings. The molecule has 1 aliphatic heterocycles. The molecule has 9 nitrogen and oxygen atoms in total. The van der Waals surface area contributed by atoms with Crippen molar-refractivity contribution in [1.82, 2.24) is 14.3 Å². The van der Waals surface area contributed by atoms with Crippen LogP contribution in [0, 0.1) is 5.92 Å². The molecule has 1 amide bonds. The summed E-state index contributed by atoms with van der Waals surface area (Å²) in [5, 5.41) is 2.64. The van der Waals surface area contributed by atoms with Gasteiger partial charge in [0.15, 0.2) is 11.8 Å². The van der Waals surface area contributed by atoms with Crippen LogP contribution in [0.2, 0.25) is 5.15 Å². The molecule has 0 aliphatic carbocycles. The van der Waals surface area contributed by atoms with E-state index in [1.54, 1.807) is 18.2 Å². The molecular formula is C18H19ClN4O5S. The highest BCUT2D eigenvalue weighted by atomic mass is 35.5. The monoisotopic (exact) mass is 438 g/mol. The second-order valence-corrected chi connectivity index (χ2v) is 8.66. The number of ether oxygens (including phenoxy) is 1. The number of hydrogen-bond acceptors (Lipinski definition) is 7. The first-order valence-corrected chi connectivity index (χ1v) is 10.7. The van der Waals surface area contributed by atoms with Gasteiger partial charge < -0.3 is 10.1 Å². The van der Waals surface area contributed by atoms with E-state index in [1.165, 1.54) is 29.0 Å². The first-order chi connectivity index (χ1) is 13.9. The standard InChI is InChI=1S/C18H19ClN4O5S/c19-17-15(4-2-8-21-17)22-16(24)12-28-18(25)13-5-9-23(10-6-13)29(26,27)14-3-1-7-20-11-14/h1-4,7-8,11,13H,5-6,9-10,12H2,(H,22,24). The number of pyridine rings is 2. The number of rotatable bonds is 6. The number of halogens is 1. The van der Waals surface area contributed by atoms with Crippen LogP contribution in [-0.2, 0) is 24.3 Å². The van der Waals surface area contributed by atoms with Gasteiger partial charge in [0.1, 0.15) is 4.90 Å². The summed E-state index contributed by atoms with van der Waals surface area (Å²) < 4.78 is 31.6. The molecule has 1 saturated heterocycles. The van der Waals surface area contributed by atoms with Crippen LogP contribution in [0.1, 0.15) is 12.8 Å². The summed E-state index contributed by atoms with van der Waals surface area (Å²) in [6, 6.07) is 6.23. The van der Waals surface area contributed by atoms with Crippen LogP contribution in [-0.4, -0.2) is 54.3 Å². The summed E-state index contributed by atoms with van der Waals surface area (Å²) in [4.78, 5) is 31.9. The third-order valence-corrected chi connectivity index (χ3v) is 6.62. The summed E-state index contributed by atoms with van der Waals surface area (Å²) >= 11 is 5.86.